The van der Waals surface area contributed by atoms with Gasteiger partial charge in [-0.3, -0.25) is 0 Å². The topological polar surface area (TPSA) is 196 Å². The molecule has 0 saturated carbocycles. The van der Waals surface area contributed by atoms with E-state index in [4.69, 9.17) is 18.9 Å². The van der Waals surface area contributed by atoms with Crippen LogP contribution in [0, 0.1) is 0 Å². The van der Waals surface area contributed by atoms with Gasteiger partial charge in [-0.15, -0.1) is 0 Å². The molecule has 2 aliphatic heterocycles. The third kappa shape index (κ3) is 4.73. The molecule has 0 aromatic heterocycles. The fourth-order valence-corrected chi connectivity index (χ4v) is 3.42. The van der Waals surface area contributed by atoms with Crippen LogP contribution in [0.4, 0.5) is 0 Å². The van der Waals surface area contributed by atoms with Crippen LogP contribution in [-0.4, -0.2) is 110 Å². The number of aliphatic hydroxyl groups excluding tert-OH is 7. The van der Waals surface area contributed by atoms with Crippen molar-refractivity contribution in [3.05, 3.63) is 35.9 Å². The minimum Gasteiger partial charge on any atom is -0.459 e. The summed E-state index contributed by atoms with van der Waals surface area (Å²) in [5, 5.41) is 69.6. The van der Waals surface area contributed by atoms with Crippen LogP contribution in [0.2, 0.25) is 0 Å². The summed E-state index contributed by atoms with van der Waals surface area (Å²) in [6.07, 6.45) is -14.2. The molecular weight excluding hydrogens is 420 g/mol. The van der Waals surface area contributed by atoms with E-state index < -0.39 is 74.0 Å². The number of ether oxygens (including phenoxy) is 4. The third-order valence-electron chi connectivity index (χ3n) is 5.25. The molecule has 0 radical (unpaired) electrons. The van der Waals surface area contributed by atoms with Gasteiger partial charge in [0.15, 0.2) is 12.4 Å². The van der Waals surface area contributed by atoms with Gasteiger partial charge in [-0.2, -0.15) is 0 Å². The van der Waals surface area contributed by atoms with Crippen molar-refractivity contribution in [1.29, 1.82) is 0 Å². The molecule has 0 bridgehead atoms. The number of aliphatic hydroxyl groups is 7. The number of benzene rings is 1. The summed E-state index contributed by atoms with van der Waals surface area (Å²) in [5.41, 5.74) is 0.653. The Balaban J connectivity index is 1.72. The van der Waals surface area contributed by atoms with Gasteiger partial charge in [0.1, 0.15) is 49.8 Å². The Labute approximate surface area is 176 Å². The predicted molar refractivity (Wildman–Crippen MR) is 97.8 cm³/mol. The summed E-state index contributed by atoms with van der Waals surface area (Å²) in [4.78, 5) is 12.4. The second-order valence-corrected chi connectivity index (χ2v) is 7.35. The fourth-order valence-electron chi connectivity index (χ4n) is 3.42. The van der Waals surface area contributed by atoms with E-state index in [0.29, 0.717) is 5.56 Å². The molecule has 174 valence electrons. The molecule has 2 aliphatic rings. The van der Waals surface area contributed by atoms with E-state index in [1.165, 1.54) is 0 Å². The number of carbonyl (C=O) groups excluding carboxylic acids is 1. The van der Waals surface area contributed by atoms with Crippen molar-refractivity contribution >= 4 is 5.97 Å². The Hall–Kier alpha value is -1.71. The summed E-state index contributed by atoms with van der Waals surface area (Å²) >= 11 is 0. The summed E-state index contributed by atoms with van der Waals surface area (Å²) in [5.74, 6) is -3.39. The second-order valence-electron chi connectivity index (χ2n) is 7.35. The largest absolute Gasteiger partial charge is 0.459 e. The lowest BCUT2D eigenvalue weighted by Crippen LogP contribution is -2.63. The van der Waals surface area contributed by atoms with E-state index in [2.05, 4.69) is 0 Å². The van der Waals surface area contributed by atoms with Gasteiger partial charge in [0, 0.05) is 0 Å². The quantitative estimate of drug-likeness (QED) is 0.203. The lowest BCUT2D eigenvalue weighted by molar-refractivity contribution is -0.379. The smallest absolute Gasteiger partial charge is 0.338 e. The van der Waals surface area contributed by atoms with E-state index in [0.717, 1.165) is 0 Å². The van der Waals surface area contributed by atoms with Crippen molar-refractivity contribution in [3.8, 4) is 0 Å². The van der Waals surface area contributed by atoms with Crippen molar-refractivity contribution in [2.24, 2.45) is 0 Å². The normalized spacial score (nSPS) is 40.6. The number of rotatable bonds is 7. The Morgan fingerprint density at radius 2 is 1.65 bits per heavy atom. The van der Waals surface area contributed by atoms with E-state index >= 15 is 0 Å². The van der Waals surface area contributed by atoms with Gasteiger partial charge < -0.3 is 54.7 Å². The van der Waals surface area contributed by atoms with Crippen molar-refractivity contribution in [3.63, 3.8) is 0 Å². The van der Waals surface area contributed by atoms with Crippen molar-refractivity contribution < 1.29 is 59.5 Å². The Morgan fingerprint density at radius 3 is 2.23 bits per heavy atom. The van der Waals surface area contributed by atoms with E-state index in [-0.39, 0.29) is 6.61 Å². The second kappa shape index (κ2) is 9.83. The lowest BCUT2D eigenvalue weighted by atomic mass is 9.98. The number of carbonyl (C=O) groups is 1. The van der Waals surface area contributed by atoms with E-state index in [1.807, 2.05) is 0 Å². The molecule has 0 spiro atoms. The van der Waals surface area contributed by atoms with E-state index in [1.54, 1.807) is 30.3 Å². The Bertz CT molecular complexity index is 732. The van der Waals surface area contributed by atoms with Crippen molar-refractivity contribution in [1.82, 2.24) is 0 Å². The lowest BCUT2D eigenvalue weighted by Gasteiger charge is -2.42. The van der Waals surface area contributed by atoms with Crippen LogP contribution in [0.25, 0.3) is 0 Å². The average molecular weight is 446 g/mol. The standard InChI is InChI=1S/C19H26O12/c20-6-10-11(22)16(26)19(8-21,30-10)31-18-14(25)12(23)13(24)15(29-18)17(27)28-7-9-4-2-1-3-5-9/h1-5,10-16,18,20-26H,6-8H2/t10-,11?,12?,13+,14?,15?,16?,18-,19+/m1/s1. The molecule has 2 fully saturated rings. The molecule has 1 aromatic carbocycles. The summed E-state index contributed by atoms with van der Waals surface area (Å²) in [6, 6.07) is 8.63. The zero-order valence-electron chi connectivity index (χ0n) is 16.3. The molecule has 2 heterocycles. The zero-order chi connectivity index (χ0) is 22.8. The molecule has 9 atom stereocenters. The predicted octanol–water partition coefficient (Wildman–Crippen LogP) is -3.64. The fraction of sp³-hybridized carbons (Fsp3) is 0.632. The first kappa shape index (κ1) is 23.9. The Kier molecular flexibility index (Phi) is 7.59. The molecule has 5 unspecified atom stereocenters. The summed E-state index contributed by atoms with van der Waals surface area (Å²) in [7, 11) is 0. The maximum atomic E-state index is 12.4. The SMILES string of the molecule is O=C(OCc1ccccc1)C1O[C@H](O[C@]2(CO)O[C@H](CO)C(O)C2O)C(O)C(O)[C@@H]1O. The molecule has 0 amide bonds. The van der Waals surface area contributed by atoms with Crippen LogP contribution in [0.15, 0.2) is 30.3 Å². The minimum absolute atomic E-state index is 0.150. The van der Waals surface area contributed by atoms with Gasteiger partial charge in [-0.1, -0.05) is 30.3 Å². The molecule has 31 heavy (non-hydrogen) atoms. The highest BCUT2D eigenvalue weighted by atomic mass is 16.8. The van der Waals surface area contributed by atoms with Crippen LogP contribution in [-0.2, 0) is 30.3 Å². The molecule has 12 nitrogen and oxygen atoms in total. The van der Waals surface area contributed by atoms with Gasteiger partial charge >= 0.3 is 5.97 Å². The molecule has 3 rings (SSSR count). The molecule has 0 aliphatic carbocycles. The van der Waals surface area contributed by atoms with Crippen LogP contribution < -0.4 is 0 Å². The van der Waals surface area contributed by atoms with Gasteiger partial charge in [0.2, 0.25) is 5.79 Å². The highest BCUT2D eigenvalue weighted by molar-refractivity contribution is 5.75. The maximum absolute atomic E-state index is 12.4. The maximum Gasteiger partial charge on any atom is 0.338 e. The van der Waals surface area contributed by atoms with Crippen LogP contribution in [0.1, 0.15) is 5.56 Å². The Morgan fingerprint density at radius 1 is 0.968 bits per heavy atom. The first-order valence-corrected chi connectivity index (χ1v) is 9.57. The number of hydrogen-bond donors (Lipinski definition) is 7. The molecule has 12 heteroatoms. The van der Waals surface area contributed by atoms with Crippen LogP contribution in [0.3, 0.4) is 0 Å². The first-order valence-electron chi connectivity index (χ1n) is 9.57. The highest BCUT2D eigenvalue weighted by Crippen LogP contribution is 2.36. The molecule has 1 aromatic rings. The molecule has 7 N–H and O–H groups in total. The summed E-state index contributed by atoms with van der Waals surface area (Å²) in [6.45, 7) is -1.90. The number of esters is 1. The van der Waals surface area contributed by atoms with Crippen molar-refractivity contribution in [2.45, 2.75) is 61.4 Å². The minimum atomic E-state index is -2.33. The number of hydrogen-bond acceptors (Lipinski definition) is 12. The van der Waals surface area contributed by atoms with E-state index in [9.17, 15) is 40.5 Å². The van der Waals surface area contributed by atoms with Gasteiger partial charge in [0.25, 0.3) is 0 Å². The molecule has 2 saturated heterocycles. The highest BCUT2D eigenvalue weighted by Gasteiger charge is 2.59. The van der Waals surface area contributed by atoms with Crippen LogP contribution >= 0.6 is 0 Å². The molecular formula is C19H26O12. The first-order chi connectivity index (χ1) is 14.7. The average Bonchev–Trinajstić information content (AvgIpc) is 3.03. The monoisotopic (exact) mass is 446 g/mol. The van der Waals surface area contributed by atoms with Gasteiger partial charge in [-0.25, -0.2) is 4.79 Å². The summed E-state index contributed by atoms with van der Waals surface area (Å²) < 4.78 is 20.9. The van der Waals surface area contributed by atoms with Gasteiger partial charge in [-0.05, 0) is 5.56 Å². The zero-order valence-corrected chi connectivity index (χ0v) is 16.3. The van der Waals surface area contributed by atoms with Gasteiger partial charge in [0.05, 0.1) is 6.61 Å². The van der Waals surface area contributed by atoms with Crippen LogP contribution in [0.5, 0.6) is 0 Å². The van der Waals surface area contributed by atoms with Crippen molar-refractivity contribution in [2.75, 3.05) is 13.2 Å². The third-order valence-corrected chi connectivity index (χ3v) is 5.25.